The summed E-state index contributed by atoms with van der Waals surface area (Å²) in [5.74, 6) is -1.40. The minimum Gasteiger partial charge on any atom is -0.469 e. The third-order valence-electron chi connectivity index (χ3n) is 10.1. The summed E-state index contributed by atoms with van der Waals surface area (Å²) in [5.41, 5.74) is 1.14. The Morgan fingerprint density at radius 3 is 1.09 bits per heavy atom. The fourth-order valence-corrected chi connectivity index (χ4v) is 6.59. The molecule has 3 aromatic rings. The maximum Gasteiger partial charge on any atom is 0.306 e. The maximum absolute atomic E-state index is 13.0. The Labute approximate surface area is 342 Å². The molecule has 0 aromatic heterocycles. The van der Waals surface area contributed by atoms with Gasteiger partial charge < -0.3 is 39.4 Å². The zero-order chi connectivity index (χ0) is 42.1. The van der Waals surface area contributed by atoms with Crippen molar-refractivity contribution in [3.05, 3.63) is 59.7 Å². The molecule has 0 aliphatic rings. The lowest BCUT2D eigenvalue weighted by molar-refractivity contribution is -0.142. The number of hydrogen-bond donors (Lipinski definition) is 2. The van der Waals surface area contributed by atoms with E-state index in [0.717, 1.165) is 86.0 Å². The highest BCUT2D eigenvalue weighted by molar-refractivity contribution is 6.05. The van der Waals surface area contributed by atoms with Gasteiger partial charge in [-0.25, -0.2) is 0 Å². The molecule has 0 spiro atoms. The van der Waals surface area contributed by atoms with Crippen molar-refractivity contribution in [3.63, 3.8) is 0 Å². The molecule has 0 radical (unpaired) electrons. The van der Waals surface area contributed by atoms with Gasteiger partial charge >= 0.3 is 23.9 Å². The molecule has 0 aliphatic heterocycles. The van der Waals surface area contributed by atoms with Gasteiger partial charge in [0.05, 0.1) is 54.1 Å². The first kappa shape index (κ1) is 47.3. The SMILES string of the molecule is COC(=O)CCN(CCCCCCNC(=O)c1ccc2cc3ccc(C(=O)NCCCCCCN(CCC(=O)OC)CCC(=O)OC)cc3cc2c1)CCC(=O)OC. The van der Waals surface area contributed by atoms with E-state index in [9.17, 15) is 28.8 Å². The van der Waals surface area contributed by atoms with Crippen LogP contribution in [0, 0.1) is 0 Å². The molecule has 3 rings (SSSR count). The van der Waals surface area contributed by atoms with Crippen molar-refractivity contribution >= 4 is 57.2 Å². The Morgan fingerprint density at radius 2 is 0.741 bits per heavy atom. The molecular weight excluding hydrogens is 745 g/mol. The van der Waals surface area contributed by atoms with E-state index in [-0.39, 0.29) is 61.4 Å². The van der Waals surface area contributed by atoms with Crippen LogP contribution in [-0.4, -0.2) is 126 Å². The van der Waals surface area contributed by atoms with Gasteiger partial charge in [-0.15, -0.1) is 0 Å². The van der Waals surface area contributed by atoms with E-state index >= 15 is 0 Å². The molecule has 0 aliphatic carbocycles. The third kappa shape index (κ3) is 17.6. The van der Waals surface area contributed by atoms with Crippen molar-refractivity contribution in [3.8, 4) is 0 Å². The molecule has 0 heterocycles. The molecule has 0 atom stereocenters. The van der Waals surface area contributed by atoms with Gasteiger partial charge in [0.15, 0.2) is 0 Å². The summed E-state index contributed by atoms with van der Waals surface area (Å²) in [5, 5.41) is 9.89. The standard InChI is InChI=1S/C44H62N4O10/c1-55-39(49)17-25-47(26-18-40(50)56-2)23-11-7-5-9-21-45-43(53)35-15-13-33-29-34-14-16-36(31-38(34)32-37(33)30-35)44(54)46-22-10-6-8-12-24-48(27-19-41(51)57-3)28-20-42(52)58-4/h13-16,29-32H,5-12,17-28H2,1-4H3,(H,45,53)(H,46,54). The number of nitrogens with one attached hydrogen (secondary N) is 2. The number of ether oxygens (including phenoxy) is 4. The molecule has 58 heavy (non-hydrogen) atoms. The molecule has 14 heteroatoms. The highest BCUT2D eigenvalue weighted by atomic mass is 16.5. The highest BCUT2D eigenvalue weighted by Crippen LogP contribution is 2.25. The number of amides is 2. The summed E-state index contributed by atoms with van der Waals surface area (Å²) in [4.78, 5) is 76.6. The summed E-state index contributed by atoms with van der Waals surface area (Å²) < 4.78 is 19.0. The predicted octanol–water partition coefficient (Wildman–Crippen LogP) is 5.43. The first-order chi connectivity index (χ1) is 28.1. The molecule has 0 bridgehead atoms. The Balaban J connectivity index is 1.41. The fourth-order valence-electron chi connectivity index (χ4n) is 6.59. The van der Waals surface area contributed by atoms with Crippen molar-refractivity contribution < 1.29 is 47.7 Å². The third-order valence-corrected chi connectivity index (χ3v) is 10.1. The molecule has 3 aromatic carbocycles. The lowest BCUT2D eigenvalue weighted by atomic mass is 9.99. The molecule has 0 fully saturated rings. The normalized spacial score (nSPS) is 11.1. The Morgan fingerprint density at radius 1 is 0.414 bits per heavy atom. The average Bonchev–Trinajstić information content (AvgIpc) is 3.24. The smallest absolute Gasteiger partial charge is 0.306 e. The van der Waals surface area contributed by atoms with Crippen molar-refractivity contribution in [2.24, 2.45) is 0 Å². The van der Waals surface area contributed by atoms with Gasteiger partial charge in [0, 0.05) is 50.4 Å². The van der Waals surface area contributed by atoms with Crippen LogP contribution in [0.5, 0.6) is 0 Å². The van der Waals surface area contributed by atoms with Gasteiger partial charge in [-0.1, -0.05) is 37.8 Å². The van der Waals surface area contributed by atoms with Gasteiger partial charge in [-0.05, 0) is 96.7 Å². The van der Waals surface area contributed by atoms with Gasteiger partial charge in [-0.2, -0.15) is 0 Å². The predicted molar refractivity (Wildman–Crippen MR) is 222 cm³/mol. The number of nitrogens with zero attached hydrogens (tertiary/aromatic N) is 2. The molecule has 2 N–H and O–H groups in total. The van der Waals surface area contributed by atoms with Crippen molar-refractivity contribution in [1.29, 1.82) is 0 Å². The van der Waals surface area contributed by atoms with E-state index in [1.165, 1.54) is 28.4 Å². The number of carbonyl (C=O) groups is 6. The van der Waals surface area contributed by atoms with Crippen LogP contribution in [0.25, 0.3) is 21.5 Å². The second-order valence-corrected chi connectivity index (χ2v) is 14.3. The van der Waals surface area contributed by atoms with E-state index in [1.807, 2.05) is 42.5 Å². The molecule has 0 saturated heterocycles. The summed E-state index contributed by atoms with van der Waals surface area (Å²) in [7, 11) is 5.45. The summed E-state index contributed by atoms with van der Waals surface area (Å²) >= 11 is 0. The molecule has 0 saturated carbocycles. The number of methoxy groups -OCH3 is 4. The quantitative estimate of drug-likeness (QED) is 0.0414. The van der Waals surface area contributed by atoms with Crippen LogP contribution in [-0.2, 0) is 38.1 Å². The monoisotopic (exact) mass is 806 g/mol. The van der Waals surface area contributed by atoms with E-state index in [1.54, 1.807) is 0 Å². The van der Waals surface area contributed by atoms with E-state index in [2.05, 4.69) is 26.5 Å². The number of rotatable bonds is 28. The van der Waals surface area contributed by atoms with Crippen molar-refractivity contribution in [2.45, 2.75) is 77.0 Å². The average molecular weight is 807 g/mol. The zero-order valence-corrected chi connectivity index (χ0v) is 34.7. The minimum atomic E-state index is -0.282. The largest absolute Gasteiger partial charge is 0.469 e. The molecule has 318 valence electrons. The van der Waals surface area contributed by atoms with Crippen LogP contribution < -0.4 is 10.6 Å². The molecule has 14 nitrogen and oxygen atoms in total. The van der Waals surface area contributed by atoms with Crippen molar-refractivity contribution in [2.75, 3.05) is 80.8 Å². The lowest BCUT2D eigenvalue weighted by Gasteiger charge is -2.21. The zero-order valence-electron chi connectivity index (χ0n) is 34.7. The number of fused-ring (bicyclic) bond motifs is 2. The van der Waals surface area contributed by atoms with Crippen LogP contribution in [0.2, 0.25) is 0 Å². The second kappa shape index (κ2) is 26.8. The number of unbranched alkanes of at least 4 members (excludes halogenated alkanes) is 6. The number of benzene rings is 3. The molecule has 0 unspecified atom stereocenters. The maximum atomic E-state index is 13.0. The fraction of sp³-hybridized carbons (Fsp3) is 0.545. The van der Waals surface area contributed by atoms with E-state index in [4.69, 9.17) is 18.9 Å². The van der Waals surface area contributed by atoms with Gasteiger partial charge in [0.1, 0.15) is 0 Å². The Bertz CT molecular complexity index is 1630. The van der Waals surface area contributed by atoms with Crippen LogP contribution in [0.1, 0.15) is 97.8 Å². The first-order valence-corrected chi connectivity index (χ1v) is 20.3. The number of hydrogen-bond acceptors (Lipinski definition) is 12. The number of esters is 4. The lowest BCUT2D eigenvalue weighted by Crippen LogP contribution is -2.30. The van der Waals surface area contributed by atoms with Gasteiger partial charge in [-0.3, -0.25) is 28.8 Å². The van der Waals surface area contributed by atoms with Crippen LogP contribution in [0.15, 0.2) is 48.5 Å². The topological polar surface area (TPSA) is 170 Å². The first-order valence-electron chi connectivity index (χ1n) is 20.3. The van der Waals surface area contributed by atoms with Crippen LogP contribution in [0.3, 0.4) is 0 Å². The van der Waals surface area contributed by atoms with Crippen LogP contribution >= 0.6 is 0 Å². The Kier molecular flexibility index (Phi) is 21.8. The highest BCUT2D eigenvalue weighted by Gasteiger charge is 2.14. The summed E-state index contributed by atoms with van der Waals surface area (Å²) in [6.45, 7) is 4.70. The minimum absolute atomic E-state index is 0.138. The molecule has 2 amide bonds. The van der Waals surface area contributed by atoms with Gasteiger partial charge in [0.2, 0.25) is 0 Å². The Hall–Kier alpha value is -5.08. The van der Waals surface area contributed by atoms with Gasteiger partial charge in [0.25, 0.3) is 11.8 Å². The summed E-state index contributed by atoms with van der Waals surface area (Å²) in [6.07, 6.45) is 8.31. The summed E-state index contributed by atoms with van der Waals surface area (Å²) in [6, 6.07) is 15.4. The molecular formula is C44H62N4O10. The van der Waals surface area contributed by atoms with Crippen LogP contribution in [0.4, 0.5) is 0 Å². The second-order valence-electron chi connectivity index (χ2n) is 14.3. The van der Waals surface area contributed by atoms with E-state index in [0.29, 0.717) is 50.4 Å². The number of carbonyl (C=O) groups excluding carboxylic acids is 6. The van der Waals surface area contributed by atoms with E-state index < -0.39 is 0 Å². The van der Waals surface area contributed by atoms with Crippen molar-refractivity contribution in [1.82, 2.24) is 20.4 Å².